The molecule has 0 spiro atoms. The molecule has 0 atom stereocenters. The second kappa shape index (κ2) is 10.9. The van der Waals surface area contributed by atoms with Crippen LogP contribution in [0.15, 0.2) is 23.2 Å². The summed E-state index contributed by atoms with van der Waals surface area (Å²) in [5.74, 6) is 1.88. The summed E-state index contributed by atoms with van der Waals surface area (Å²) in [4.78, 5) is 18.8. The highest BCUT2D eigenvalue weighted by molar-refractivity contribution is 5.95. The van der Waals surface area contributed by atoms with Crippen LogP contribution in [-0.4, -0.2) is 68.7 Å². The van der Waals surface area contributed by atoms with Gasteiger partial charge in [-0.1, -0.05) is 6.92 Å². The van der Waals surface area contributed by atoms with Crippen molar-refractivity contribution in [3.63, 3.8) is 0 Å². The standard InChI is InChI=1S/C21H35N5O3/c1-6-26(5)11-10-22-20(23-15-19(27)25-21(2,3)4)24-16-8-9-17-18(14-16)29-13-7-12-28-17/h8-9,14H,6-7,10-13,15H2,1-5H3,(H,25,27)(H2,22,23,24). The molecule has 0 aliphatic carbocycles. The highest BCUT2D eigenvalue weighted by atomic mass is 16.5. The minimum atomic E-state index is -0.286. The topological polar surface area (TPSA) is 87.2 Å². The number of nitrogens with zero attached hydrogens (tertiary/aromatic N) is 2. The van der Waals surface area contributed by atoms with Gasteiger partial charge in [0.25, 0.3) is 0 Å². The number of aliphatic imine (C=N–C) groups is 1. The molecule has 29 heavy (non-hydrogen) atoms. The van der Waals surface area contributed by atoms with E-state index in [0.717, 1.165) is 30.9 Å². The van der Waals surface area contributed by atoms with Crippen molar-refractivity contribution in [2.24, 2.45) is 4.99 Å². The van der Waals surface area contributed by atoms with Gasteiger partial charge in [-0.05, 0) is 46.5 Å². The Morgan fingerprint density at radius 1 is 1.21 bits per heavy atom. The number of anilines is 1. The van der Waals surface area contributed by atoms with E-state index in [1.54, 1.807) is 0 Å². The van der Waals surface area contributed by atoms with Crippen molar-refractivity contribution in [3.8, 4) is 11.5 Å². The van der Waals surface area contributed by atoms with E-state index in [1.807, 2.05) is 39.0 Å². The Labute approximate surface area is 174 Å². The van der Waals surface area contributed by atoms with Crippen LogP contribution in [-0.2, 0) is 4.79 Å². The molecule has 0 aromatic heterocycles. The van der Waals surface area contributed by atoms with Gasteiger partial charge in [0, 0.05) is 36.8 Å². The SMILES string of the molecule is CCN(C)CCNC(=NCC(=O)NC(C)(C)C)Nc1ccc2c(c1)OCCCO2. The number of hydrogen-bond donors (Lipinski definition) is 3. The first-order valence-corrected chi connectivity index (χ1v) is 10.2. The number of fused-ring (bicyclic) bond motifs is 1. The molecule has 3 N–H and O–H groups in total. The Bertz CT molecular complexity index is 700. The molecule has 2 rings (SSSR count). The number of hydrogen-bond acceptors (Lipinski definition) is 5. The van der Waals surface area contributed by atoms with Crippen LogP contribution in [0, 0.1) is 0 Å². The number of benzene rings is 1. The number of likely N-dealkylation sites (N-methyl/N-ethyl adjacent to an activating group) is 1. The molecule has 0 radical (unpaired) electrons. The molecule has 1 aromatic rings. The molecule has 162 valence electrons. The monoisotopic (exact) mass is 405 g/mol. The lowest BCUT2D eigenvalue weighted by Crippen LogP contribution is -2.42. The number of amides is 1. The molecule has 1 amide bonds. The first kappa shape index (κ1) is 22.8. The van der Waals surface area contributed by atoms with E-state index in [-0.39, 0.29) is 18.0 Å². The Hall–Kier alpha value is -2.48. The van der Waals surface area contributed by atoms with Crippen molar-refractivity contribution in [3.05, 3.63) is 18.2 Å². The fourth-order valence-corrected chi connectivity index (χ4v) is 2.65. The van der Waals surface area contributed by atoms with E-state index in [9.17, 15) is 4.79 Å². The Kier molecular flexibility index (Phi) is 8.57. The van der Waals surface area contributed by atoms with Crippen LogP contribution in [0.1, 0.15) is 34.1 Å². The third kappa shape index (κ3) is 8.60. The smallest absolute Gasteiger partial charge is 0.242 e. The molecule has 8 nitrogen and oxygen atoms in total. The zero-order valence-electron chi connectivity index (χ0n) is 18.3. The second-order valence-electron chi connectivity index (χ2n) is 8.12. The maximum absolute atomic E-state index is 12.2. The third-order valence-corrected chi connectivity index (χ3v) is 4.23. The van der Waals surface area contributed by atoms with Crippen LogP contribution in [0.2, 0.25) is 0 Å². The van der Waals surface area contributed by atoms with Crippen molar-refractivity contribution in [2.75, 3.05) is 51.8 Å². The molecule has 1 aliphatic rings. The summed E-state index contributed by atoms with van der Waals surface area (Å²) in [5.41, 5.74) is 0.534. The van der Waals surface area contributed by atoms with E-state index in [0.29, 0.717) is 31.5 Å². The molecule has 0 fully saturated rings. The Morgan fingerprint density at radius 3 is 2.62 bits per heavy atom. The summed E-state index contributed by atoms with van der Waals surface area (Å²) < 4.78 is 11.4. The highest BCUT2D eigenvalue weighted by Crippen LogP contribution is 2.32. The van der Waals surface area contributed by atoms with Crippen molar-refractivity contribution >= 4 is 17.6 Å². The van der Waals surface area contributed by atoms with Gasteiger partial charge in [-0.25, -0.2) is 4.99 Å². The van der Waals surface area contributed by atoms with E-state index in [2.05, 4.69) is 39.8 Å². The van der Waals surface area contributed by atoms with Crippen LogP contribution in [0.5, 0.6) is 11.5 Å². The lowest BCUT2D eigenvalue weighted by atomic mass is 10.1. The highest BCUT2D eigenvalue weighted by Gasteiger charge is 2.14. The van der Waals surface area contributed by atoms with Crippen molar-refractivity contribution in [1.29, 1.82) is 0 Å². The molecular weight excluding hydrogens is 370 g/mol. The first-order chi connectivity index (χ1) is 13.8. The van der Waals surface area contributed by atoms with Crippen LogP contribution >= 0.6 is 0 Å². The minimum Gasteiger partial charge on any atom is -0.490 e. The van der Waals surface area contributed by atoms with Gasteiger partial charge in [-0.2, -0.15) is 0 Å². The van der Waals surface area contributed by atoms with Gasteiger partial charge < -0.3 is 30.3 Å². The van der Waals surface area contributed by atoms with E-state index >= 15 is 0 Å². The third-order valence-electron chi connectivity index (χ3n) is 4.23. The largest absolute Gasteiger partial charge is 0.490 e. The fraction of sp³-hybridized carbons (Fsp3) is 0.619. The second-order valence-corrected chi connectivity index (χ2v) is 8.12. The van der Waals surface area contributed by atoms with Crippen LogP contribution in [0.3, 0.4) is 0 Å². The van der Waals surface area contributed by atoms with E-state index in [1.165, 1.54) is 0 Å². The van der Waals surface area contributed by atoms with Gasteiger partial charge in [0.05, 0.1) is 13.2 Å². The summed E-state index contributed by atoms with van der Waals surface area (Å²) in [6.07, 6.45) is 0.861. The summed E-state index contributed by atoms with van der Waals surface area (Å²) in [6.45, 7) is 11.8. The zero-order valence-corrected chi connectivity index (χ0v) is 18.3. The van der Waals surface area contributed by atoms with Gasteiger partial charge in [0.2, 0.25) is 5.91 Å². The molecular formula is C21H35N5O3. The quantitative estimate of drug-likeness (QED) is 0.476. The first-order valence-electron chi connectivity index (χ1n) is 10.2. The summed E-state index contributed by atoms with van der Waals surface area (Å²) in [6, 6.07) is 5.70. The predicted octanol–water partition coefficient (Wildman–Crippen LogP) is 2.07. The summed E-state index contributed by atoms with van der Waals surface area (Å²) >= 11 is 0. The number of carbonyl (C=O) groups is 1. The molecule has 1 aliphatic heterocycles. The average molecular weight is 406 g/mol. The van der Waals surface area contributed by atoms with Gasteiger partial charge in [-0.3, -0.25) is 4.79 Å². The molecule has 0 saturated carbocycles. The maximum atomic E-state index is 12.2. The minimum absolute atomic E-state index is 0.0424. The fourth-order valence-electron chi connectivity index (χ4n) is 2.65. The van der Waals surface area contributed by atoms with Crippen LogP contribution in [0.4, 0.5) is 5.69 Å². The van der Waals surface area contributed by atoms with Crippen molar-refractivity contribution < 1.29 is 14.3 Å². The normalized spacial score (nSPS) is 14.3. The van der Waals surface area contributed by atoms with Crippen LogP contribution < -0.4 is 25.4 Å². The Balaban J connectivity index is 2.06. The summed E-state index contributed by atoms with van der Waals surface area (Å²) in [5, 5.41) is 9.48. The lowest BCUT2D eigenvalue weighted by Gasteiger charge is -2.20. The molecule has 0 bridgehead atoms. The molecule has 0 unspecified atom stereocenters. The summed E-state index contributed by atoms with van der Waals surface area (Å²) in [7, 11) is 2.06. The van der Waals surface area contributed by atoms with Crippen molar-refractivity contribution in [1.82, 2.24) is 15.5 Å². The number of guanidine groups is 1. The molecule has 1 aromatic carbocycles. The molecule has 1 heterocycles. The van der Waals surface area contributed by atoms with E-state index < -0.39 is 0 Å². The van der Waals surface area contributed by atoms with Crippen LogP contribution in [0.25, 0.3) is 0 Å². The maximum Gasteiger partial charge on any atom is 0.242 e. The van der Waals surface area contributed by atoms with Gasteiger partial charge in [0.15, 0.2) is 17.5 Å². The average Bonchev–Trinajstić information content (AvgIpc) is 2.89. The molecule has 8 heteroatoms. The van der Waals surface area contributed by atoms with E-state index in [4.69, 9.17) is 9.47 Å². The Morgan fingerprint density at radius 2 is 1.93 bits per heavy atom. The predicted molar refractivity (Wildman–Crippen MR) is 117 cm³/mol. The molecule has 0 saturated heterocycles. The number of rotatable bonds is 7. The van der Waals surface area contributed by atoms with Crippen molar-refractivity contribution in [2.45, 2.75) is 39.7 Å². The van der Waals surface area contributed by atoms with Gasteiger partial charge in [-0.15, -0.1) is 0 Å². The van der Waals surface area contributed by atoms with Gasteiger partial charge in [0.1, 0.15) is 6.54 Å². The van der Waals surface area contributed by atoms with Gasteiger partial charge >= 0.3 is 0 Å². The number of nitrogens with one attached hydrogen (secondary N) is 3. The zero-order chi connectivity index (χ0) is 21.3. The number of carbonyl (C=O) groups excluding carboxylic acids is 1. The number of ether oxygens (including phenoxy) is 2. The lowest BCUT2D eigenvalue weighted by molar-refractivity contribution is -0.121.